The van der Waals surface area contributed by atoms with Gasteiger partial charge >= 0.3 is 18.2 Å². The van der Waals surface area contributed by atoms with E-state index in [0.29, 0.717) is 17.8 Å². The van der Waals surface area contributed by atoms with Crippen LogP contribution < -0.4 is 16.0 Å². The summed E-state index contributed by atoms with van der Waals surface area (Å²) in [5.74, 6) is -0.991. The minimum atomic E-state index is -5.15. The van der Waals surface area contributed by atoms with Crippen molar-refractivity contribution in [2.45, 2.75) is 55.8 Å². The van der Waals surface area contributed by atoms with Crippen molar-refractivity contribution in [2.24, 2.45) is 17.8 Å². The van der Waals surface area contributed by atoms with Crippen LogP contribution in [0.5, 0.6) is 0 Å². The quantitative estimate of drug-likeness (QED) is 0.579. The van der Waals surface area contributed by atoms with Gasteiger partial charge in [0.15, 0.2) is 0 Å². The molecule has 0 spiro atoms. The average Bonchev–Trinajstić information content (AvgIpc) is 2.98. The number of carbonyl (C=O) groups excluding carboxylic acids is 4. The molecule has 0 aromatic heterocycles. The molecule has 5 fully saturated rings. The number of alkyl halides is 3. The van der Waals surface area contributed by atoms with Crippen molar-refractivity contribution >= 4 is 23.9 Å². The number of urea groups is 2. The summed E-state index contributed by atoms with van der Waals surface area (Å²) in [6, 6.07) is 4.14. The summed E-state index contributed by atoms with van der Waals surface area (Å²) in [6.07, 6.45) is 0.876. The first-order chi connectivity index (χ1) is 16.0. The summed E-state index contributed by atoms with van der Waals surface area (Å²) >= 11 is 0. The molecule has 3 N–H and O–H groups in total. The van der Waals surface area contributed by atoms with Gasteiger partial charge < -0.3 is 10.6 Å². The van der Waals surface area contributed by atoms with Crippen LogP contribution in [0.15, 0.2) is 30.3 Å². The summed E-state index contributed by atoms with van der Waals surface area (Å²) < 4.78 is 42.1. The zero-order valence-electron chi connectivity index (χ0n) is 18.3. The zero-order valence-corrected chi connectivity index (χ0v) is 18.3. The van der Waals surface area contributed by atoms with Crippen LogP contribution in [0.2, 0.25) is 0 Å². The van der Waals surface area contributed by atoms with E-state index in [9.17, 15) is 32.3 Å². The van der Waals surface area contributed by atoms with Gasteiger partial charge in [0.25, 0.3) is 5.91 Å². The topological polar surface area (TPSA) is 108 Å². The van der Waals surface area contributed by atoms with Crippen molar-refractivity contribution in [3.05, 3.63) is 35.9 Å². The van der Waals surface area contributed by atoms with Crippen molar-refractivity contribution in [3.8, 4) is 0 Å². The van der Waals surface area contributed by atoms with Gasteiger partial charge in [-0.05, 0) is 61.8 Å². The van der Waals surface area contributed by atoms with E-state index in [1.54, 1.807) is 5.32 Å². The SMILES string of the molecule is O=C(CN1C(=O)N[C@@](c2ccccc2)(C(F)(F)F)C1=O)NC(=O)NC12CC3CC(CC(C3)C1)C2. The maximum Gasteiger partial charge on any atom is 0.425 e. The molecule has 6 amide bonds. The molecule has 4 aliphatic carbocycles. The minimum absolute atomic E-state index is 0.188. The van der Waals surface area contributed by atoms with Crippen molar-refractivity contribution in [1.29, 1.82) is 0 Å². The summed E-state index contributed by atoms with van der Waals surface area (Å²) in [4.78, 5) is 50.4. The first-order valence-electron chi connectivity index (χ1n) is 11.4. The first-order valence-corrected chi connectivity index (χ1v) is 11.4. The van der Waals surface area contributed by atoms with Crippen LogP contribution in [0.4, 0.5) is 22.8 Å². The summed E-state index contributed by atoms with van der Waals surface area (Å²) in [5, 5.41) is 6.72. The Labute approximate surface area is 193 Å². The van der Waals surface area contributed by atoms with E-state index in [-0.39, 0.29) is 10.4 Å². The Balaban J connectivity index is 1.26. The molecule has 182 valence electrons. The van der Waals surface area contributed by atoms with Crippen LogP contribution in [-0.4, -0.2) is 47.0 Å². The fourth-order valence-corrected chi connectivity index (χ4v) is 6.80. The second kappa shape index (κ2) is 7.71. The molecule has 11 heteroatoms. The van der Waals surface area contributed by atoms with E-state index in [1.165, 1.54) is 18.2 Å². The van der Waals surface area contributed by atoms with Crippen LogP contribution in [0.3, 0.4) is 0 Å². The summed E-state index contributed by atoms with van der Waals surface area (Å²) in [7, 11) is 0. The highest BCUT2D eigenvalue weighted by Crippen LogP contribution is 2.55. The maximum absolute atomic E-state index is 14.0. The molecule has 4 bridgehead atoms. The maximum atomic E-state index is 14.0. The minimum Gasteiger partial charge on any atom is -0.332 e. The van der Waals surface area contributed by atoms with E-state index in [2.05, 4.69) is 10.6 Å². The van der Waals surface area contributed by atoms with Crippen molar-refractivity contribution < 1.29 is 32.3 Å². The molecule has 34 heavy (non-hydrogen) atoms. The van der Waals surface area contributed by atoms with Crippen LogP contribution in [0.1, 0.15) is 44.1 Å². The van der Waals surface area contributed by atoms with Crippen molar-refractivity contribution in [3.63, 3.8) is 0 Å². The molecule has 8 nitrogen and oxygen atoms in total. The highest BCUT2D eigenvalue weighted by molar-refractivity contribution is 6.10. The molecule has 1 atom stereocenters. The molecular weight excluding hydrogens is 453 g/mol. The average molecular weight is 478 g/mol. The lowest BCUT2D eigenvalue weighted by atomic mass is 9.53. The van der Waals surface area contributed by atoms with Gasteiger partial charge in [-0.15, -0.1) is 0 Å². The highest BCUT2D eigenvalue weighted by Gasteiger charge is 2.68. The number of benzene rings is 1. The summed E-state index contributed by atoms with van der Waals surface area (Å²) in [6.45, 7) is -1.01. The Hall–Kier alpha value is -3.11. The number of halogens is 3. The number of hydrogen-bond donors (Lipinski definition) is 3. The van der Waals surface area contributed by atoms with E-state index in [0.717, 1.165) is 50.7 Å². The number of hydrogen-bond acceptors (Lipinski definition) is 4. The molecule has 1 aromatic carbocycles. The number of rotatable bonds is 4. The fourth-order valence-electron chi connectivity index (χ4n) is 6.80. The molecular formula is C23H25F3N4O4. The molecule has 0 unspecified atom stereocenters. The van der Waals surface area contributed by atoms with Gasteiger partial charge in [-0.3, -0.25) is 19.8 Å². The van der Waals surface area contributed by atoms with Gasteiger partial charge in [-0.2, -0.15) is 13.2 Å². The zero-order chi connectivity index (χ0) is 24.3. The lowest BCUT2D eigenvalue weighted by molar-refractivity contribution is -0.198. The van der Waals surface area contributed by atoms with E-state index >= 15 is 0 Å². The third kappa shape index (κ3) is 3.61. The molecule has 1 aliphatic heterocycles. The van der Waals surface area contributed by atoms with E-state index in [4.69, 9.17) is 0 Å². The lowest BCUT2D eigenvalue weighted by Gasteiger charge is -2.56. The molecule has 1 aromatic rings. The summed E-state index contributed by atoms with van der Waals surface area (Å²) in [5.41, 5.74) is -4.14. The number of imide groups is 2. The smallest absolute Gasteiger partial charge is 0.332 e. The third-order valence-corrected chi connectivity index (χ3v) is 7.71. The van der Waals surface area contributed by atoms with Crippen LogP contribution in [0.25, 0.3) is 0 Å². The van der Waals surface area contributed by atoms with Gasteiger partial charge in [-0.1, -0.05) is 30.3 Å². The van der Waals surface area contributed by atoms with Crippen LogP contribution >= 0.6 is 0 Å². The first kappa shape index (κ1) is 22.7. The number of nitrogens with zero attached hydrogens (tertiary/aromatic N) is 1. The van der Waals surface area contributed by atoms with Crippen LogP contribution in [0, 0.1) is 17.8 Å². The molecule has 1 saturated heterocycles. The number of amides is 6. The Bertz CT molecular complexity index is 1010. The Kier molecular flexibility index (Phi) is 5.14. The predicted molar refractivity (Wildman–Crippen MR) is 112 cm³/mol. The van der Waals surface area contributed by atoms with Gasteiger partial charge in [0, 0.05) is 5.54 Å². The highest BCUT2D eigenvalue weighted by atomic mass is 19.4. The Morgan fingerprint density at radius 1 is 1.00 bits per heavy atom. The Morgan fingerprint density at radius 3 is 2.09 bits per heavy atom. The molecule has 0 radical (unpaired) electrons. The third-order valence-electron chi connectivity index (χ3n) is 7.71. The van der Waals surface area contributed by atoms with Gasteiger partial charge in [0.05, 0.1) is 0 Å². The van der Waals surface area contributed by atoms with Crippen molar-refractivity contribution in [2.75, 3.05) is 6.54 Å². The van der Waals surface area contributed by atoms with Gasteiger partial charge in [0.2, 0.25) is 11.4 Å². The number of carbonyl (C=O) groups is 4. The molecule has 4 saturated carbocycles. The molecule has 5 aliphatic rings. The second-order valence-corrected chi connectivity index (χ2v) is 10.1. The molecule has 6 rings (SSSR count). The second-order valence-electron chi connectivity index (χ2n) is 10.1. The monoisotopic (exact) mass is 478 g/mol. The van der Waals surface area contributed by atoms with Crippen molar-refractivity contribution in [1.82, 2.24) is 20.9 Å². The predicted octanol–water partition coefficient (Wildman–Crippen LogP) is 2.79. The van der Waals surface area contributed by atoms with E-state index < -0.39 is 47.7 Å². The number of nitrogens with one attached hydrogen (secondary N) is 3. The van der Waals surface area contributed by atoms with E-state index in [1.807, 2.05) is 0 Å². The standard InChI is InChI=1S/C23H25F3N4O4/c24-23(25,26)22(16-4-2-1-3-5-16)18(32)30(20(34)29-22)12-17(31)27-19(33)28-21-9-13-6-14(10-21)8-15(7-13)11-21/h1-5,13-15H,6-12H2,(H,29,34)(H2,27,28,31,33)/t13?,14?,15?,21?,22-/m1/s1. The van der Waals surface area contributed by atoms with Gasteiger partial charge in [0.1, 0.15) is 6.54 Å². The molecule has 1 heterocycles. The largest absolute Gasteiger partial charge is 0.425 e. The fraction of sp³-hybridized carbons (Fsp3) is 0.565. The normalized spacial score (nSPS) is 34.2. The Morgan fingerprint density at radius 2 is 1.56 bits per heavy atom. The lowest BCUT2D eigenvalue weighted by Crippen LogP contribution is -2.62. The van der Waals surface area contributed by atoms with Crippen LogP contribution in [-0.2, 0) is 15.1 Å². The van der Waals surface area contributed by atoms with Gasteiger partial charge in [-0.25, -0.2) is 9.59 Å².